The molecule has 2 aliphatic rings. The minimum atomic E-state index is 0.920. The van der Waals surface area contributed by atoms with E-state index >= 15 is 0 Å². The van der Waals surface area contributed by atoms with Crippen molar-refractivity contribution in [2.24, 2.45) is 0 Å². The molecule has 0 unspecified atom stereocenters. The lowest BCUT2D eigenvalue weighted by Gasteiger charge is -2.31. The average Bonchev–Trinajstić information content (AvgIpc) is 3.29. The Kier molecular flexibility index (Phi) is 11.8. The van der Waals surface area contributed by atoms with Crippen molar-refractivity contribution in [2.45, 2.75) is 32.6 Å². The van der Waals surface area contributed by atoms with E-state index in [2.05, 4.69) is 241 Å². The fourth-order valence-corrected chi connectivity index (χ4v) is 7.74. The van der Waals surface area contributed by atoms with E-state index in [1.54, 1.807) is 0 Å². The molecule has 0 radical (unpaired) electrons. The van der Waals surface area contributed by atoms with Crippen molar-refractivity contribution in [2.75, 3.05) is 9.80 Å². The highest BCUT2D eigenvalue weighted by Crippen LogP contribution is 2.42. The highest BCUT2D eigenvalue weighted by Gasteiger charge is 2.20. The molecule has 0 saturated carbocycles. The first-order valence-electron chi connectivity index (χ1n) is 20.1. The zero-order valence-electron chi connectivity index (χ0n) is 32.6. The standard InChI is InChI=1S/C55H48N2/c1-2-19-49(31-17-22-43-20-7-3-8-21-43)56(50-27-11-5-12-28-50)52-38-36-46(37-39-52)47-25-18-26-48(42-47)54-32-15-16-33-55(54)57(51-29-13-6-14-30-51)53-40-34-45(35-41-53)44-23-9-4-10-24-44/h2-3,5-9,11-36,38,40-42H,4,10,37,39H2,1H3/b19-2-,22-17+,49-31+. The average molecular weight is 737 g/mol. The van der Waals surface area contributed by atoms with E-state index in [4.69, 9.17) is 0 Å². The topological polar surface area (TPSA) is 6.48 Å². The molecule has 0 spiro atoms. The molecular formula is C55H48N2. The first kappa shape index (κ1) is 37.0. The molecule has 6 aromatic carbocycles. The third-order valence-electron chi connectivity index (χ3n) is 10.5. The maximum Gasteiger partial charge on any atom is 0.0540 e. The summed E-state index contributed by atoms with van der Waals surface area (Å²) in [6, 6.07) is 58.7. The second-order valence-electron chi connectivity index (χ2n) is 14.3. The fraction of sp³-hybridized carbons (Fsp3) is 0.0909. The van der Waals surface area contributed by atoms with Crippen molar-refractivity contribution < 1.29 is 0 Å². The van der Waals surface area contributed by atoms with Crippen LogP contribution < -0.4 is 9.80 Å². The van der Waals surface area contributed by atoms with Gasteiger partial charge in [0.2, 0.25) is 0 Å². The van der Waals surface area contributed by atoms with Gasteiger partial charge in [-0.3, -0.25) is 0 Å². The predicted octanol–water partition coefficient (Wildman–Crippen LogP) is 15.3. The lowest BCUT2D eigenvalue weighted by Crippen LogP contribution is -2.22. The summed E-state index contributed by atoms with van der Waals surface area (Å²) >= 11 is 0. The van der Waals surface area contributed by atoms with Crippen LogP contribution in [0.15, 0.2) is 230 Å². The maximum atomic E-state index is 2.39. The summed E-state index contributed by atoms with van der Waals surface area (Å²) in [6.45, 7) is 2.08. The molecule has 2 nitrogen and oxygen atoms in total. The van der Waals surface area contributed by atoms with E-state index in [0.717, 1.165) is 54.1 Å². The van der Waals surface area contributed by atoms with Gasteiger partial charge in [0.15, 0.2) is 0 Å². The molecule has 57 heavy (non-hydrogen) atoms. The first-order chi connectivity index (χ1) is 28.2. The summed E-state index contributed by atoms with van der Waals surface area (Å²) < 4.78 is 0. The lowest BCUT2D eigenvalue weighted by molar-refractivity contribution is 0.912. The Morgan fingerprint density at radius 1 is 0.579 bits per heavy atom. The summed E-state index contributed by atoms with van der Waals surface area (Å²) in [5.41, 5.74) is 15.7. The molecule has 0 aromatic heterocycles. The molecular weight excluding hydrogens is 689 g/mol. The van der Waals surface area contributed by atoms with Gasteiger partial charge in [0.05, 0.1) is 5.69 Å². The smallest absolute Gasteiger partial charge is 0.0540 e. The molecule has 0 heterocycles. The second kappa shape index (κ2) is 18.2. The van der Waals surface area contributed by atoms with E-state index in [0.29, 0.717) is 0 Å². The number of allylic oxidation sites excluding steroid dienone is 12. The molecule has 0 fully saturated rings. The van der Waals surface area contributed by atoms with Gasteiger partial charge in [0.1, 0.15) is 0 Å². The maximum absolute atomic E-state index is 2.39. The van der Waals surface area contributed by atoms with Crippen molar-refractivity contribution in [3.05, 3.63) is 247 Å². The Bertz CT molecular complexity index is 2500. The third-order valence-corrected chi connectivity index (χ3v) is 10.5. The van der Waals surface area contributed by atoms with Crippen LogP contribution in [0.2, 0.25) is 0 Å². The molecule has 278 valence electrons. The molecule has 0 aliphatic heterocycles. The largest absolute Gasteiger partial charge is 0.314 e. The van der Waals surface area contributed by atoms with Gasteiger partial charge in [-0.05, 0) is 133 Å². The van der Waals surface area contributed by atoms with Crippen LogP contribution in [0.1, 0.15) is 49.3 Å². The number of benzene rings is 6. The summed E-state index contributed by atoms with van der Waals surface area (Å²) in [5, 5.41) is 0. The SMILES string of the molecule is C\C=C/C(=C\C=C\c1ccccc1)N(C1=CC=C(c2cccc(-c3ccccc3N(c3ccccc3)c3ccc(C4=CCCC=C4)cc3)c2)CC1)c1ccccc1. The molecule has 0 amide bonds. The molecule has 0 atom stereocenters. The minimum Gasteiger partial charge on any atom is -0.314 e. The molecule has 2 aliphatic carbocycles. The monoisotopic (exact) mass is 736 g/mol. The lowest BCUT2D eigenvalue weighted by atomic mass is 9.92. The zero-order valence-corrected chi connectivity index (χ0v) is 32.6. The van der Waals surface area contributed by atoms with Crippen molar-refractivity contribution in [1.29, 1.82) is 0 Å². The third kappa shape index (κ3) is 8.82. The first-order valence-corrected chi connectivity index (χ1v) is 20.1. The van der Waals surface area contributed by atoms with Crippen LogP contribution in [0, 0.1) is 0 Å². The van der Waals surface area contributed by atoms with Gasteiger partial charge in [-0.15, -0.1) is 0 Å². The Hall–Kier alpha value is -6.90. The van der Waals surface area contributed by atoms with Gasteiger partial charge in [0, 0.05) is 34.0 Å². The number of rotatable bonds is 12. The van der Waals surface area contributed by atoms with E-state index in [-0.39, 0.29) is 0 Å². The molecule has 2 heteroatoms. The van der Waals surface area contributed by atoms with Crippen LogP contribution in [0.5, 0.6) is 0 Å². The predicted molar refractivity (Wildman–Crippen MR) is 245 cm³/mol. The van der Waals surface area contributed by atoms with Crippen LogP contribution >= 0.6 is 0 Å². The molecule has 0 bridgehead atoms. The molecule has 6 aromatic rings. The van der Waals surface area contributed by atoms with Crippen LogP contribution in [-0.4, -0.2) is 0 Å². The van der Waals surface area contributed by atoms with Crippen LogP contribution in [-0.2, 0) is 0 Å². The van der Waals surface area contributed by atoms with Gasteiger partial charge in [-0.25, -0.2) is 0 Å². The number of hydrogen-bond donors (Lipinski definition) is 0. The zero-order chi connectivity index (χ0) is 38.7. The molecule has 8 rings (SSSR count). The summed E-state index contributed by atoms with van der Waals surface area (Å²) in [7, 11) is 0. The Morgan fingerprint density at radius 2 is 1.26 bits per heavy atom. The van der Waals surface area contributed by atoms with E-state index in [1.165, 1.54) is 44.7 Å². The number of nitrogens with zero attached hydrogens (tertiary/aromatic N) is 2. The highest BCUT2D eigenvalue weighted by molar-refractivity contribution is 5.89. The van der Waals surface area contributed by atoms with Gasteiger partial charge < -0.3 is 9.80 Å². The van der Waals surface area contributed by atoms with E-state index in [1.807, 2.05) is 0 Å². The van der Waals surface area contributed by atoms with Crippen molar-refractivity contribution in [3.8, 4) is 11.1 Å². The van der Waals surface area contributed by atoms with Gasteiger partial charge in [0.25, 0.3) is 0 Å². The van der Waals surface area contributed by atoms with Crippen molar-refractivity contribution >= 4 is 40.0 Å². The second-order valence-corrected chi connectivity index (χ2v) is 14.3. The number of para-hydroxylation sites is 3. The number of anilines is 4. The van der Waals surface area contributed by atoms with Crippen LogP contribution in [0.25, 0.3) is 28.3 Å². The molecule has 0 saturated heterocycles. The molecule has 0 N–H and O–H groups in total. The van der Waals surface area contributed by atoms with Gasteiger partial charge in [-0.1, -0.05) is 158 Å². The summed E-state index contributed by atoms with van der Waals surface area (Å²) in [6.07, 6.45) is 26.4. The highest BCUT2D eigenvalue weighted by atomic mass is 15.2. The van der Waals surface area contributed by atoms with Crippen LogP contribution in [0.4, 0.5) is 22.7 Å². The fourth-order valence-electron chi connectivity index (χ4n) is 7.74. The van der Waals surface area contributed by atoms with Crippen molar-refractivity contribution in [1.82, 2.24) is 0 Å². The van der Waals surface area contributed by atoms with Gasteiger partial charge in [-0.2, -0.15) is 0 Å². The summed E-state index contributed by atoms with van der Waals surface area (Å²) in [4.78, 5) is 4.78. The Labute approximate surface area is 338 Å². The Morgan fingerprint density at radius 3 is 1.96 bits per heavy atom. The number of hydrogen-bond acceptors (Lipinski definition) is 2. The van der Waals surface area contributed by atoms with E-state index < -0.39 is 0 Å². The quantitative estimate of drug-likeness (QED) is 0.115. The van der Waals surface area contributed by atoms with E-state index in [9.17, 15) is 0 Å². The Balaban J connectivity index is 1.12. The normalized spacial score (nSPS) is 14.3. The summed E-state index contributed by atoms with van der Waals surface area (Å²) in [5.74, 6) is 0. The van der Waals surface area contributed by atoms with Crippen molar-refractivity contribution in [3.63, 3.8) is 0 Å². The van der Waals surface area contributed by atoms with Gasteiger partial charge >= 0.3 is 0 Å². The minimum absolute atomic E-state index is 0.920. The van der Waals surface area contributed by atoms with Crippen LogP contribution in [0.3, 0.4) is 0 Å².